The van der Waals surface area contributed by atoms with E-state index in [1.54, 1.807) is 6.08 Å². The van der Waals surface area contributed by atoms with Crippen LogP contribution in [0, 0.1) is 6.61 Å². The van der Waals surface area contributed by atoms with Gasteiger partial charge in [0.2, 0.25) is 6.61 Å². The highest BCUT2D eigenvalue weighted by Gasteiger charge is 1.97. The van der Waals surface area contributed by atoms with E-state index in [4.69, 9.17) is 0 Å². The molecule has 0 aromatic heterocycles. The Bertz CT molecular complexity index is 149. The Kier molecular flexibility index (Phi) is 1.42. The van der Waals surface area contributed by atoms with Crippen molar-refractivity contribution in [1.29, 1.82) is 0 Å². The van der Waals surface area contributed by atoms with Crippen molar-refractivity contribution in [3.05, 3.63) is 18.9 Å². The van der Waals surface area contributed by atoms with Crippen LogP contribution in [0.1, 0.15) is 0 Å². The van der Waals surface area contributed by atoms with Gasteiger partial charge >= 0.3 is 0 Å². The summed E-state index contributed by atoms with van der Waals surface area (Å²) in [6.45, 7) is 1.04. The summed E-state index contributed by atoms with van der Waals surface area (Å²) < 4.78 is 4.53. The first-order valence-electron chi connectivity index (χ1n) is 2.11. The van der Waals surface area contributed by atoms with Crippen molar-refractivity contribution in [3.63, 3.8) is 0 Å². The molecule has 0 N–H and O–H groups in total. The lowest BCUT2D eigenvalue weighted by Gasteiger charge is -1.86. The summed E-state index contributed by atoms with van der Waals surface area (Å²) in [5.41, 5.74) is 0. The molecule has 1 aliphatic rings. The molecule has 0 saturated carbocycles. The second-order valence-corrected chi connectivity index (χ2v) is 1.20. The zero-order valence-corrected chi connectivity index (χ0v) is 4.07. The number of ether oxygens (including phenoxy) is 1. The third kappa shape index (κ3) is 1.18. The van der Waals surface area contributed by atoms with E-state index in [1.165, 1.54) is 12.5 Å². The minimum Gasteiger partial charge on any atom is -0.483 e. The topological polar surface area (TPSA) is 38.7 Å². The molecule has 0 unspecified atom stereocenters. The standard InChI is InChI=1S/C5H4NO2/c7-5-4-8-3-1-2-6-5/h1-4H. The molecule has 8 heavy (non-hydrogen) atoms. The predicted molar refractivity (Wildman–Crippen MR) is 28.0 cm³/mol. The Hall–Kier alpha value is -1.12. The van der Waals surface area contributed by atoms with Crippen LogP contribution >= 0.6 is 0 Å². The summed E-state index contributed by atoms with van der Waals surface area (Å²) in [4.78, 5) is 13.7. The maximum atomic E-state index is 10.3. The molecule has 1 aliphatic heterocycles. The van der Waals surface area contributed by atoms with E-state index in [0.717, 1.165) is 6.61 Å². The van der Waals surface area contributed by atoms with Crippen LogP contribution < -0.4 is 0 Å². The second kappa shape index (κ2) is 2.26. The molecule has 0 spiro atoms. The van der Waals surface area contributed by atoms with Crippen molar-refractivity contribution in [2.45, 2.75) is 0 Å². The van der Waals surface area contributed by atoms with Gasteiger partial charge in [0.05, 0.1) is 6.26 Å². The highest BCUT2D eigenvalue weighted by Crippen LogP contribution is 1.90. The van der Waals surface area contributed by atoms with Crippen LogP contribution in [0.3, 0.4) is 0 Å². The first-order valence-corrected chi connectivity index (χ1v) is 2.11. The van der Waals surface area contributed by atoms with E-state index >= 15 is 0 Å². The summed E-state index contributed by atoms with van der Waals surface area (Å²) in [5.74, 6) is -0.366. The van der Waals surface area contributed by atoms with Gasteiger partial charge in [-0.1, -0.05) is 0 Å². The molecular weight excluding hydrogens is 106 g/mol. The fraction of sp³-hybridized carbons (Fsp3) is 0. The van der Waals surface area contributed by atoms with Gasteiger partial charge in [-0.3, -0.25) is 4.79 Å². The summed E-state index contributed by atoms with van der Waals surface area (Å²) in [7, 11) is 0. The second-order valence-electron chi connectivity index (χ2n) is 1.20. The lowest BCUT2D eigenvalue weighted by molar-refractivity contribution is -0.117. The van der Waals surface area contributed by atoms with Crippen LogP contribution in [0.2, 0.25) is 0 Å². The molecule has 0 atom stereocenters. The summed E-state index contributed by atoms with van der Waals surface area (Å²) >= 11 is 0. The lowest BCUT2D eigenvalue weighted by Crippen LogP contribution is -1.91. The molecule has 0 aromatic carbocycles. The Labute approximate surface area is 46.7 Å². The molecule has 0 aliphatic carbocycles. The molecule has 3 nitrogen and oxygen atoms in total. The number of allylic oxidation sites excluding steroid dienone is 1. The Morgan fingerprint density at radius 3 is 3.38 bits per heavy atom. The fourth-order valence-electron chi connectivity index (χ4n) is 0.325. The molecule has 0 fully saturated rings. The molecule has 0 saturated heterocycles. The third-order valence-corrected chi connectivity index (χ3v) is 0.614. The minimum atomic E-state index is -0.366. The number of rotatable bonds is 0. The fourth-order valence-corrected chi connectivity index (χ4v) is 0.325. The van der Waals surface area contributed by atoms with Gasteiger partial charge < -0.3 is 4.74 Å². The van der Waals surface area contributed by atoms with Crippen molar-refractivity contribution in [2.24, 2.45) is 4.99 Å². The molecule has 1 radical (unpaired) electrons. The normalized spacial score (nSPS) is 17.8. The summed E-state index contributed by atoms with van der Waals surface area (Å²) in [6.07, 6.45) is 4.31. The Morgan fingerprint density at radius 1 is 1.62 bits per heavy atom. The van der Waals surface area contributed by atoms with Gasteiger partial charge in [-0.05, 0) is 6.08 Å². The van der Waals surface area contributed by atoms with Gasteiger partial charge in [0, 0.05) is 6.21 Å². The zero-order valence-electron chi connectivity index (χ0n) is 4.07. The summed E-state index contributed by atoms with van der Waals surface area (Å²) in [6, 6.07) is 0. The van der Waals surface area contributed by atoms with Crippen molar-refractivity contribution in [3.8, 4) is 0 Å². The van der Waals surface area contributed by atoms with Crippen molar-refractivity contribution in [2.75, 3.05) is 0 Å². The maximum absolute atomic E-state index is 10.3. The summed E-state index contributed by atoms with van der Waals surface area (Å²) in [5, 5.41) is 0. The van der Waals surface area contributed by atoms with Crippen LogP contribution in [0.15, 0.2) is 17.3 Å². The average Bonchev–Trinajstić information content (AvgIpc) is 1.94. The van der Waals surface area contributed by atoms with Crippen LogP contribution in [-0.2, 0) is 9.53 Å². The van der Waals surface area contributed by atoms with Crippen LogP contribution in [0.25, 0.3) is 0 Å². The van der Waals surface area contributed by atoms with Gasteiger partial charge in [-0.2, -0.15) is 0 Å². The van der Waals surface area contributed by atoms with E-state index in [2.05, 4.69) is 9.73 Å². The van der Waals surface area contributed by atoms with E-state index in [-0.39, 0.29) is 5.91 Å². The molecule has 3 heteroatoms. The maximum Gasteiger partial charge on any atom is 0.291 e. The van der Waals surface area contributed by atoms with Gasteiger partial charge in [-0.15, -0.1) is 0 Å². The molecule has 1 heterocycles. The highest BCUT2D eigenvalue weighted by atomic mass is 16.5. The quantitative estimate of drug-likeness (QED) is 0.449. The number of carbonyl (C=O) groups is 1. The largest absolute Gasteiger partial charge is 0.483 e. The Morgan fingerprint density at radius 2 is 2.50 bits per heavy atom. The average molecular weight is 110 g/mol. The van der Waals surface area contributed by atoms with E-state index in [9.17, 15) is 4.79 Å². The molecule has 41 valence electrons. The molecule has 0 aromatic rings. The minimum absolute atomic E-state index is 0.366. The van der Waals surface area contributed by atoms with Crippen molar-refractivity contribution in [1.82, 2.24) is 0 Å². The van der Waals surface area contributed by atoms with Crippen LogP contribution in [0.4, 0.5) is 0 Å². The van der Waals surface area contributed by atoms with E-state index in [0.29, 0.717) is 0 Å². The number of nitrogens with zero attached hydrogens (tertiary/aromatic N) is 1. The Balaban J connectivity index is 2.58. The number of amides is 1. The van der Waals surface area contributed by atoms with Gasteiger partial charge in [0.15, 0.2) is 0 Å². The van der Waals surface area contributed by atoms with Crippen LogP contribution in [0.5, 0.6) is 0 Å². The zero-order chi connectivity index (χ0) is 5.82. The number of carbonyl (C=O) groups excluding carboxylic acids is 1. The lowest BCUT2D eigenvalue weighted by atomic mass is 10.7. The smallest absolute Gasteiger partial charge is 0.291 e. The van der Waals surface area contributed by atoms with Gasteiger partial charge in [-0.25, -0.2) is 4.99 Å². The number of aliphatic imine (C=N–C) groups is 1. The van der Waals surface area contributed by atoms with Crippen molar-refractivity contribution < 1.29 is 9.53 Å². The number of hydrogen-bond acceptors (Lipinski definition) is 2. The van der Waals surface area contributed by atoms with Crippen molar-refractivity contribution >= 4 is 12.1 Å². The van der Waals surface area contributed by atoms with Gasteiger partial charge in [0.25, 0.3) is 5.91 Å². The number of hydrogen-bond donors (Lipinski definition) is 0. The first-order chi connectivity index (χ1) is 3.89. The molecular formula is C5H4NO2. The molecule has 1 rings (SSSR count). The monoisotopic (exact) mass is 110 g/mol. The van der Waals surface area contributed by atoms with Crippen LogP contribution in [-0.4, -0.2) is 12.1 Å². The predicted octanol–water partition coefficient (Wildman–Crippen LogP) is 0.289. The van der Waals surface area contributed by atoms with E-state index in [1.807, 2.05) is 0 Å². The highest BCUT2D eigenvalue weighted by molar-refractivity contribution is 5.93. The molecule has 1 amide bonds. The third-order valence-electron chi connectivity index (χ3n) is 0.614. The first kappa shape index (κ1) is 5.03. The SMILES string of the molecule is O=C1[CH]OC=CC=N1. The van der Waals surface area contributed by atoms with E-state index < -0.39 is 0 Å². The van der Waals surface area contributed by atoms with Gasteiger partial charge in [0.1, 0.15) is 0 Å². The molecule has 0 bridgehead atoms.